The van der Waals surface area contributed by atoms with Crippen LogP contribution < -0.4 is 15.0 Å². The molecule has 1 heterocycles. The minimum Gasteiger partial charge on any atom is -0.493 e. The Kier molecular flexibility index (Phi) is 9.07. The van der Waals surface area contributed by atoms with Crippen LogP contribution in [0.4, 0.5) is 0 Å². The van der Waals surface area contributed by atoms with Crippen molar-refractivity contribution in [3.05, 3.63) is 61.0 Å². The summed E-state index contributed by atoms with van der Waals surface area (Å²) in [5, 5.41) is 4.97. The van der Waals surface area contributed by atoms with Crippen molar-refractivity contribution in [3.63, 3.8) is 0 Å². The van der Waals surface area contributed by atoms with Crippen molar-refractivity contribution in [1.29, 1.82) is 0 Å². The fourth-order valence-electron chi connectivity index (χ4n) is 3.25. The highest BCUT2D eigenvalue weighted by molar-refractivity contribution is 9.10. The maximum absolute atomic E-state index is 13.3. The number of halogens is 2. The van der Waals surface area contributed by atoms with Gasteiger partial charge >= 0.3 is 5.97 Å². The van der Waals surface area contributed by atoms with E-state index in [2.05, 4.69) is 37.0 Å². The van der Waals surface area contributed by atoms with E-state index < -0.39 is 5.97 Å². The molecule has 1 atom stereocenters. The first-order valence-electron chi connectivity index (χ1n) is 11.1. The molecule has 0 aliphatic carbocycles. The Morgan fingerprint density at radius 3 is 2.57 bits per heavy atom. The highest BCUT2D eigenvalue weighted by atomic mass is 79.9. The molecule has 0 bridgehead atoms. The van der Waals surface area contributed by atoms with Crippen LogP contribution in [0.3, 0.4) is 0 Å². The van der Waals surface area contributed by atoms with Gasteiger partial charge in [0.05, 0.1) is 30.3 Å². The van der Waals surface area contributed by atoms with Crippen LogP contribution in [0.2, 0.25) is 0 Å². The van der Waals surface area contributed by atoms with E-state index in [4.69, 9.17) is 19.2 Å². The Labute approximate surface area is 220 Å². The third kappa shape index (κ3) is 6.49. The molecule has 1 aromatic heterocycles. The Balaban J connectivity index is 2.00. The number of hydrogen-bond donors (Lipinski definition) is 0. The summed E-state index contributed by atoms with van der Waals surface area (Å²) in [7, 11) is 1.50. The summed E-state index contributed by atoms with van der Waals surface area (Å²) in [5.74, 6) is 0.896. The van der Waals surface area contributed by atoms with Crippen LogP contribution in [0.25, 0.3) is 10.9 Å². The summed E-state index contributed by atoms with van der Waals surface area (Å²) in [6.07, 6.45) is 2.13. The van der Waals surface area contributed by atoms with E-state index in [-0.39, 0.29) is 24.2 Å². The molecule has 0 amide bonds. The number of carbonyl (C=O) groups is 1. The number of rotatable bonds is 9. The molecule has 10 heteroatoms. The van der Waals surface area contributed by atoms with Gasteiger partial charge in [0.15, 0.2) is 18.1 Å². The van der Waals surface area contributed by atoms with Gasteiger partial charge < -0.3 is 14.2 Å². The first kappa shape index (κ1) is 26.9. The predicted molar refractivity (Wildman–Crippen MR) is 143 cm³/mol. The van der Waals surface area contributed by atoms with Gasteiger partial charge in [0, 0.05) is 20.4 Å². The molecular weight excluding hydrogens is 582 g/mol. The van der Waals surface area contributed by atoms with Crippen molar-refractivity contribution in [2.75, 3.05) is 13.7 Å². The summed E-state index contributed by atoms with van der Waals surface area (Å²) in [5.41, 5.74) is 1.02. The molecule has 0 saturated carbocycles. The van der Waals surface area contributed by atoms with Crippen LogP contribution in [0.15, 0.2) is 49.2 Å². The maximum Gasteiger partial charge on any atom is 0.344 e. The molecule has 0 unspecified atom stereocenters. The van der Waals surface area contributed by atoms with E-state index in [9.17, 15) is 9.59 Å². The third-order valence-electron chi connectivity index (χ3n) is 5.19. The molecule has 35 heavy (non-hydrogen) atoms. The lowest BCUT2D eigenvalue weighted by Crippen LogP contribution is -2.23. The Morgan fingerprint density at radius 1 is 1.17 bits per heavy atom. The minimum absolute atomic E-state index is 0.0206. The lowest BCUT2D eigenvalue weighted by atomic mass is 10.1. The minimum atomic E-state index is -0.476. The molecule has 0 spiro atoms. The summed E-state index contributed by atoms with van der Waals surface area (Å²) in [6.45, 7) is 7.33. The molecule has 8 nitrogen and oxygen atoms in total. The van der Waals surface area contributed by atoms with Crippen molar-refractivity contribution in [1.82, 2.24) is 9.66 Å². The van der Waals surface area contributed by atoms with Crippen LogP contribution in [-0.4, -0.2) is 41.7 Å². The second kappa shape index (κ2) is 11.8. The summed E-state index contributed by atoms with van der Waals surface area (Å²) in [6, 6.07) is 8.80. The van der Waals surface area contributed by atoms with Crippen LogP contribution in [0, 0.1) is 0 Å². The van der Waals surface area contributed by atoms with E-state index in [0.717, 1.165) is 10.9 Å². The topological polar surface area (TPSA) is 92.0 Å². The van der Waals surface area contributed by atoms with E-state index in [0.29, 0.717) is 38.3 Å². The predicted octanol–water partition coefficient (Wildman–Crippen LogP) is 5.66. The van der Waals surface area contributed by atoms with Crippen molar-refractivity contribution < 1.29 is 19.0 Å². The first-order valence-corrected chi connectivity index (χ1v) is 12.7. The molecule has 0 N–H and O–H groups in total. The van der Waals surface area contributed by atoms with Crippen LogP contribution in [0.1, 0.15) is 51.4 Å². The van der Waals surface area contributed by atoms with E-state index in [1.165, 1.54) is 11.8 Å². The second-order valence-electron chi connectivity index (χ2n) is 8.15. The van der Waals surface area contributed by atoms with Gasteiger partial charge in [0.2, 0.25) is 0 Å². The van der Waals surface area contributed by atoms with Crippen LogP contribution in [-0.2, 0) is 9.53 Å². The lowest BCUT2D eigenvalue weighted by Gasteiger charge is -2.15. The number of fused-ring (bicyclic) bond motifs is 1. The van der Waals surface area contributed by atoms with Crippen LogP contribution >= 0.6 is 31.9 Å². The lowest BCUT2D eigenvalue weighted by molar-refractivity contribution is -0.149. The number of carbonyl (C=O) groups excluding carboxylic acids is 1. The highest BCUT2D eigenvalue weighted by Crippen LogP contribution is 2.33. The molecule has 2 aromatic carbocycles. The maximum atomic E-state index is 13.3. The molecule has 3 aromatic rings. The summed E-state index contributed by atoms with van der Waals surface area (Å²) >= 11 is 6.93. The normalized spacial score (nSPS) is 12.3. The van der Waals surface area contributed by atoms with Crippen molar-refractivity contribution in [2.45, 2.75) is 46.1 Å². The molecule has 186 valence electrons. The van der Waals surface area contributed by atoms with Gasteiger partial charge in [-0.2, -0.15) is 9.78 Å². The highest BCUT2D eigenvalue weighted by Gasteiger charge is 2.17. The van der Waals surface area contributed by atoms with Gasteiger partial charge in [-0.3, -0.25) is 4.79 Å². The number of benzene rings is 2. The molecule has 0 aliphatic heterocycles. The smallest absolute Gasteiger partial charge is 0.344 e. The fourth-order valence-corrected chi connectivity index (χ4v) is 4.04. The number of ether oxygens (including phenoxy) is 3. The van der Waals surface area contributed by atoms with Gasteiger partial charge in [-0.05, 0) is 66.5 Å². The average Bonchev–Trinajstić information content (AvgIpc) is 2.82. The van der Waals surface area contributed by atoms with Crippen molar-refractivity contribution in [2.24, 2.45) is 5.10 Å². The van der Waals surface area contributed by atoms with Gasteiger partial charge in [-0.15, -0.1) is 0 Å². The Bertz CT molecular complexity index is 1320. The SMILES string of the molecule is CC[C@@H](C)c1nc2ccc(Br)cc2c(=O)n1N=Cc1cc(OC)c(OCC(=O)OC(C)C)cc1Br. The van der Waals surface area contributed by atoms with Gasteiger partial charge in [0.25, 0.3) is 5.56 Å². The zero-order valence-electron chi connectivity index (χ0n) is 20.2. The van der Waals surface area contributed by atoms with E-state index in [1.54, 1.807) is 38.3 Å². The zero-order chi connectivity index (χ0) is 25.7. The largest absolute Gasteiger partial charge is 0.493 e. The van der Waals surface area contributed by atoms with Crippen molar-refractivity contribution in [3.8, 4) is 11.5 Å². The molecule has 0 fully saturated rings. The number of esters is 1. The summed E-state index contributed by atoms with van der Waals surface area (Å²) in [4.78, 5) is 29.9. The fraction of sp³-hybridized carbons (Fsp3) is 0.360. The Hall–Kier alpha value is -2.72. The third-order valence-corrected chi connectivity index (χ3v) is 6.37. The first-order chi connectivity index (χ1) is 16.6. The number of nitrogens with zero attached hydrogens (tertiary/aromatic N) is 3. The molecule has 3 rings (SSSR count). The average molecular weight is 609 g/mol. The number of hydrogen-bond acceptors (Lipinski definition) is 7. The molecule has 0 radical (unpaired) electrons. The molecule has 0 aliphatic rings. The van der Waals surface area contributed by atoms with Gasteiger partial charge in [0.1, 0.15) is 5.82 Å². The van der Waals surface area contributed by atoms with E-state index >= 15 is 0 Å². The second-order valence-corrected chi connectivity index (χ2v) is 9.92. The molecule has 0 saturated heterocycles. The van der Waals surface area contributed by atoms with E-state index in [1.807, 2.05) is 26.0 Å². The standard InChI is InChI=1S/C25H27Br2N3O5/c1-6-15(4)24-29-20-8-7-17(26)10-18(20)25(32)30(24)28-12-16-9-21(33-5)22(11-19(16)27)34-13-23(31)35-14(2)3/h7-12,14-15H,6,13H2,1-5H3/t15-/m1/s1. The molecular formula is C25H27Br2N3O5. The van der Waals surface area contributed by atoms with Crippen molar-refractivity contribution >= 4 is 54.9 Å². The number of aromatic nitrogens is 2. The van der Waals surface area contributed by atoms with Gasteiger partial charge in [-0.1, -0.05) is 29.8 Å². The zero-order valence-corrected chi connectivity index (χ0v) is 23.3. The quantitative estimate of drug-likeness (QED) is 0.230. The number of methoxy groups -OCH3 is 1. The monoisotopic (exact) mass is 607 g/mol. The Morgan fingerprint density at radius 2 is 1.91 bits per heavy atom. The van der Waals surface area contributed by atoms with Gasteiger partial charge in [-0.25, -0.2) is 9.78 Å². The summed E-state index contributed by atoms with van der Waals surface area (Å²) < 4.78 is 18.9. The van der Waals surface area contributed by atoms with Crippen LogP contribution in [0.5, 0.6) is 11.5 Å².